The number of alkyl halides is 3. The molecule has 0 saturated carbocycles. The van der Waals surface area contributed by atoms with Gasteiger partial charge in [-0.15, -0.1) is 0 Å². The monoisotopic (exact) mass is 369 g/mol. The summed E-state index contributed by atoms with van der Waals surface area (Å²) in [6.07, 6.45) is -3.85. The van der Waals surface area contributed by atoms with Gasteiger partial charge in [-0.05, 0) is 36.2 Å². The van der Waals surface area contributed by atoms with Crippen molar-refractivity contribution in [1.82, 2.24) is 4.57 Å². The largest absolute Gasteiger partial charge is 0.423 e. The summed E-state index contributed by atoms with van der Waals surface area (Å²) in [4.78, 5) is 23.6. The van der Waals surface area contributed by atoms with Crippen LogP contribution in [0.5, 0.6) is 0 Å². The van der Waals surface area contributed by atoms with E-state index in [1.54, 1.807) is 19.1 Å². The van der Waals surface area contributed by atoms with Crippen LogP contribution < -0.4 is 11.2 Å². The lowest BCUT2D eigenvalue weighted by molar-refractivity contribution is -0.138. The molecule has 0 fully saturated rings. The smallest absolute Gasteiger partial charge is 0.417 e. The lowest BCUT2D eigenvalue weighted by Gasteiger charge is -2.12. The summed E-state index contributed by atoms with van der Waals surface area (Å²) in [5.41, 5.74) is -0.949. The Morgan fingerprint density at radius 2 is 1.88 bits per heavy atom. The Morgan fingerprint density at radius 3 is 2.56 bits per heavy atom. The summed E-state index contributed by atoms with van der Waals surface area (Å²) in [6.45, 7) is 1.51. The summed E-state index contributed by atoms with van der Waals surface area (Å²) in [5, 5.41) is 0.874. The Balaban J connectivity index is 2.17. The van der Waals surface area contributed by atoms with E-state index in [1.807, 2.05) is 0 Å². The van der Waals surface area contributed by atoms with Gasteiger partial charge in [0, 0.05) is 28.7 Å². The number of benzene rings is 1. The van der Waals surface area contributed by atoms with Crippen molar-refractivity contribution < 1.29 is 17.6 Å². The molecule has 0 unspecified atom stereocenters. The first-order chi connectivity index (χ1) is 11.6. The van der Waals surface area contributed by atoms with Gasteiger partial charge in [0.05, 0.1) is 12.1 Å². The number of rotatable bonds is 2. The van der Waals surface area contributed by atoms with Crippen LogP contribution in [-0.4, -0.2) is 4.57 Å². The molecule has 2 aromatic heterocycles. The molecule has 8 heteroatoms. The fourth-order valence-electron chi connectivity index (χ4n) is 2.49. The van der Waals surface area contributed by atoms with Crippen molar-refractivity contribution in [3.8, 4) is 0 Å². The van der Waals surface area contributed by atoms with Gasteiger partial charge < -0.3 is 8.98 Å². The second kappa shape index (κ2) is 6.07. The molecule has 130 valence electrons. The minimum absolute atomic E-state index is 0.218. The third kappa shape index (κ3) is 3.46. The number of aromatic nitrogens is 1. The molecule has 2 heterocycles. The Morgan fingerprint density at radius 1 is 1.16 bits per heavy atom. The maximum atomic E-state index is 12.9. The molecule has 0 spiro atoms. The van der Waals surface area contributed by atoms with Crippen molar-refractivity contribution >= 4 is 22.6 Å². The van der Waals surface area contributed by atoms with Crippen LogP contribution in [0, 0.1) is 6.92 Å². The first-order valence-corrected chi connectivity index (χ1v) is 7.53. The van der Waals surface area contributed by atoms with E-state index in [4.69, 9.17) is 16.0 Å². The minimum Gasteiger partial charge on any atom is -0.423 e. The molecule has 0 aliphatic carbocycles. The van der Waals surface area contributed by atoms with Crippen LogP contribution in [0.1, 0.15) is 16.7 Å². The zero-order valence-corrected chi connectivity index (χ0v) is 13.6. The molecule has 0 saturated heterocycles. The Bertz CT molecular complexity index is 1080. The molecule has 25 heavy (non-hydrogen) atoms. The number of nitrogens with zero attached hydrogens (tertiary/aromatic N) is 1. The first kappa shape index (κ1) is 17.3. The summed E-state index contributed by atoms with van der Waals surface area (Å²) in [6, 6.07) is 5.82. The van der Waals surface area contributed by atoms with Gasteiger partial charge in [-0.25, -0.2) is 4.79 Å². The number of fused-ring (bicyclic) bond motifs is 1. The minimum atomic E-state index is -4.58. The quantitative estimate of drug-likeness (QED) is 0.642. The molecule has 0 N–H and O–H groups in total. The lowest BCUT2D eigenvalue weighted by atomic mass is 10.1. The number of aryl methyl sites for hydroxylation is 1. The average Bonchev–Trinajstić information content (AvgIpc) is 2.50. The van der Waals surface area contributed by atoms with Crippen molar-refractivity contribution in [1.29, 1.82) is 0 Å². The molecule has 0 amide bonds. The van der Waals surface area contributed by atoms with Gasteiger partial charge in [-0.3, -0.25) is 4.79 Å². The fourth-order valence-corrected chi connectivity index (χ4v) is 2.65. The third-order valence-corrected chi connectivity index (χ3v) is 4.17. The van der Waals surface area contributed by atoms with Crippen molar-refractivity contribution in [2.75, 3.05) is 0 Å². The molecule has 0 bridgehead atoms. The van der Waals surface area contributed by atoms with Crippen molar-refractivity contribution in [3.05, 3.63) is 79.0 Å². The van der Waals surface area contributed by atoms with Gasteiger partial charge in [0.1, 0.15) is 5.58 Å². The highest BCUT2D eigenvalue weighted by Gasteiger charge is 2.31. The van der Waals surface area contributed by atoms with Crippen molar-refractivity contribution in [3.63, 3.8) is 0 Å². The van der Waals surface area contributed by atoms with Crippen LogP contribution in [0.25, 0.3) is 11.0 Å². The van der Waals surface area contributed by atoms with E-state index in [0.717, 1.165) is 29.0 Å². The lowest BCUT2D eigenvalue weighted by Crippen LogP contribution is -2.22. The molecular weight excluding hydrogens is 359 g/mol. The normalized spacial score (nSPS) is 11.9. The molecule has 3 aromatic rings. The van der Waals surface area contributed by atoms with Crippen LogP contribution in [0.15, 0.2) is 50.5 Å². The molecule has 4 nitrogen and oxygen atoms in total. The Hall–Kier alpha value is -2.54. The van der Waals surface area contributed by atoms with E-state index >= 15 is 0 Å². The molecule has 1 aromatic carbocycles. The van der Waals surface area contributed by atoms with Gasteiger partial charge in [0.2, 0.25) is 0 Å². The van der Waals surface area contributed by atoms with Crippen molar-refractivity contribution in [2.45, 2.75) is 19.6 Å². The highest BCUT2D eigenvalue weighted by Crippen LogP contribution is 2.29. The molecule has 0 aliphatic heterocycles. The summed E-state index contributed by atoms with van der Waals surface area (Å²) in [5.74, 6) is 0. The summed E-state index contributed by atoms with van der Waals surface area (Å²) < 4.78 is 44.6. The molecule has 0 radical (unpaired) electrons. The number of halogens is 4. The topological polar surface area (TPSA) is 52.2 Å². The van der Waals surface area contributed by atoms with E-state index in [0.29, 0.717) is 21.5 Å². The van der Waals surface area contributed by atoms with Crippen LogP contribution in [0.4, 0.5) is 13.2 Å². The van der Waals surface area contributed by atoms with Gasteiger partial charge in [-0.2, -0.15) is 13.2 Å². The molecular formula is C17H11ClF3NO3. The van der Waals surface area contributed by atoms with Gasteiger partial charge in [0.15, 0.2) is 0 Å². The standard InChI is InChI=1S/C17H11ClF3NO3/c1-9-4-14-12(6-13(9)18)10(5-16(24)25-14)7-22-8-11(17(19,20)21)2-3-15(22)23/h2-6,8H,7H2,1H3. The maximum Gasteiger partial charge on any atom is 0.417 e. The molecule has 0 atom stereocenters. The molecule has 3 rings (SSSR count). The highest BCUT2D eigenvalue weighted by atomic mass is 35.5. The van der Waals surface area contributed by atoms with E-state index in [-0.39, 0.29) is 12.1 Å². The van der Waals surface area contributed by atoms with E-state index in [2.05, 4.69) is 0 Å². The SMILES string of the molecule is Cc1cc2oc(=O)cc(Cn3cc(C(F)(F)F)ccc3=O)c2cc1Cl. The third-order valence-electron chi connectivity index (χ3n) is 3.76. The summed E-state index contributed by atoms with van der Waals surface area (Å²) >= 11 is 6.08. The second-order valence-corrected chi connectivity index (χ2v) is 5.98. The second-order valence-electron chi connectivity index (χ2n) is 5.57. The van der Waals surface area contributed by atoms with Gasteiger partial charge in [0.25, 0.3) is 5.56 Å². The Kier molecular flexibility index (Phi) is 4.20. The van der Waals surface area contributed by atoms with Crippen LogP contribution >= 0.6 is 11.6 Å². The van der Waals surface area contributed by atoms with Crippen LogP contribution in [0.2, 0.25) is 5.02 Å². The zero-order valence-electron chi connectivity index (χ0n) is 12.9. The van der Waals surface area contributed by atoms with E-state index < -0.39 is 22.9 Å². The number of hydrogen-bond acceptors (Lipinski definition) is 3. The first-order valence-electron chi connectivity index (χ1n) is 7.16. The fraction of sp³-hybridized carbons (Fsp3) is 0.176. The van der Waals surface area contributed by atoms with Crippen LogP contribution in [-0.2, 0) is 12.7 Å². The number of hydrogen-bond donors (Lipinski definition) is 0. The maximum absolute atomic E-state index is 12.9. The van der Waals surface area contributed by atoms with Gasteiger partial charge in [-0.1, -0.05) is 11.6 Å². The highest BCUT2D eigenvalue weighted by molar-refractivity contribution is 6.32. The molecule has 0 aliphatic rings. The van der Waals surface area contributed by atoms with Crippen molar-refractivity contribution in [2.24, 2.45) is 0 Å². The predicted octanol–water partition coefficient (Wildman–Crippen LogP) is 3.98. The van der Waals surface area contributed by atoms with E-state index in [9.17, 15) is 22.8 Å². The van der Waals surface area contributed by atoms with Gasteiger partial charge >= 0.3 is 11.8 Å². The summed E-state index contributed by atoms with van der Waals surface area (Å²) in [7, 11) is 0. The van der Waals surface area contributed by atoms with E-state index in [1.165, 1.54) is 0 Å². The number of pyridine rings is 1. The average molecular weight is 370 g/mol. The van der Waals surface area contributed by atoms with Crippen LogP contribution in [0.3, 0.4) is 0 Å². The zero-order chi connectivity index (χ0) is 18.4. The Labute approximate surface area is 144 Å². The predicted molar refractivity (Wildman–Crippen MR) is 87.0 cm³/mol.